The third-order valence-corrected chi connectivity index (χ3v) is 5.96. The number of aromatic nitrogens is 1. The number of hydrogen-bond donors (Lipinski definition) is 0. The van der Waals surface area contributed by atoms with Gasteiger partial charge in [-0.3, -0.25) is 9.69 Å². The molecule has 0 N–H and O–H groups in total. The van der Waals surface area contributed by atoms with Crippen molar-refractivity contribution in [2.75, 3.05) is 13.1 Å². The molecule has 2 atom stereocenters. The molecule has 0 saturated carbocycles. The molecule has 0 spiro atoms. The van der Waals surface area contributed by atoms with Crippen LogP contribution in [0.25, 0.3) is 0 Å². The summed E-state index contributed by atoms with van der Waals surface area (Å²) in [5.74, 6) is 1.05. The average molecular weight is 367 g/mol. The van der Waals surface area contributed by atoms with Crippen LogP contribution in [0.2, 0.25) is 0 Å². The maximum absolute atomic E-state index is 13.1. The lowest BCUT2D eigenvalue weighted by Crippen LogP contribution is -2.48. The Labute approximate surface area is 161 Å². The summed E-state index contributed by atoms with van der Waals surface area (Å²) in [6.07, 6.45) is 4.52. The Morgan fingerprint density at radius 3 is 2.63 bits per heavy atom. The van der Waals surface area contributed by atoms with Crippen LogP contribution in [-0.2, 0) is 6.54 Å². The third kappa shape index (κ3) is 3.79. The van der Waals surface area contributed by atoms with Gasteiger partial charge in [-0.1, -0.05) is 49.3 Å². The molecule has 2 aromatic rings. The van der Waals surface area contributed by atoms with Crippen LogP contribution in [-0.4, -0.2) is 46.0 Å². The summed E-state index contributed by atoms with van der Waals surface area (Å²) in [6.45, 7) is 6.99. The van der Waals surface area contributed by atoms with Gasteiger partial charge in [0.2, 0.25) is 0 Å². The summed E-state index contributed by atoms with van der Waals surface area (Å²) in [7, 11) is 0. The minimum Gasteiger partial charge on any atom is -0.360 e. The number of amides is 1. The van der Waals surface area contributed by atoms with Gasteiger partial charge in [0.05, 0.1) is 0 Å². The lowest BCUT2D eigenvalue weighted by molar-refractivity contribution is 0.0629. The number of rotatable bonds is 5. The summed E-state index contributed by atoms with van der Waals surface area (Å²) in [6, 6.07) is 13.2. The van der Waals surface area contributed by atoms with Crippen LogP contribution >= 0.6 is 0 Å². The van der Waals surface area contributed by atoms with Crippen molar-refractivity contribution in [1.29, 1.82) is 0 Å². The maximum atomic E-state index is 13.1. The Morgan fingerprint density at radius 1 is 1.15 bits per heavy atom. The SMILES string of the molecule is CC(C)c1cc(C(=O)N2CCC[C@H]2[C@@H]2CCCN2Cc2ccccc2)no1. The Hall–Kier alpha value is -2.14. The number of nitrogens with zero attached hydrogens (tertiary/aromatic N) is 3. The molecule has 2 fully saturated rings. The van der Waals surface area contributed by atoms with E-state index < -0.39 is 0 Å². The molecular formula is C22H29N3O2. The van der Waals surface area contributed by atoms with Gasteiger partial charge in [0.1, 0.15) is 5.76 Å². The Balaban J connectivity index is 1.49. The summed E-state index contributed by atoms with van der Waals surface area (Å²) in [5.41, 5.74) is 1.80. The van der Waals surface area contributed by atoms with E-state index >= 15 is 0 Å². The highest BCUT2D eigenvalue weighted by atomic mass is 16.5. The smallest absolute Gasteiger partial charge is 0.276 e. The van der Waals surface area contributed by atoms with Crippen LogP contribution in [0, 0.1) is 0 Å². The summed E-state index contributed by atoms with van der Waals surface area (Å²) in [4.78, 5) is 17.7. The first-order valence-corrected chi connectivity index (χ1v) is 10.2. The van der Waals surface area contributed by atoms with Gasteiger partial charge in [0, 0.05) is 37.2 Å². The third-order valence-electron chi connectivity index (χ3n) is 5.96. The molecule has 0 unspecified atom stereocenters. The van der Waals surface area contributed by atoms with E-state index in [9.17, 15) is 4.79 Å². The molecule has 0 bridgehead atoms. The fraction of sp³-hybridized carbons (Fsp3) is 0.545. The van der Waals surface area contributed by atoms with Gasteiger partial charge in [-0.25, -0.2) is 0 Å². The number of hydrogen-bond acceptors (Lipinski definition) is 4. The lowest BCUT2D eigenvalue weighted by atomic mass is 10.0. The van der Waals surface area contributed by atoms with E-state index in [1.807, 2.05) is 19.9 Å². The summed E-state index contributed by atoms with van der Waals surface area (Å²) in [5, 5.41) is 4.05. The molecule has 5 nitrogen and oxygen atoms in total. The Bertz CT molecular complexity index is 771. The van der Waals surface area contributed by atoms with Crippen molar-refractivity contribution in [1.82, 2.24) is 15.0 Å². The highest BCUT2D eigenvalue weighted by Gasteiger charge is 2.40. The molecule has 2 saturated heterocycles. The van der Waals surface area contributed by atoms with Crippen molar-refractivity contribution in [2.45, 2.75) is 64.1 Å². The Kier molecular flexibility index (Phi) is 5.30. The first-order chi connectivity index (χ1) is 13.1. The predicted molar refractivity (Wildman–Crippen MR) is 105 cm³/mol. The summed E-state index contributed by atoms with van der Waals surface area (Å²) >= 11 is 0. The molecule has 3 heterocycles. The first kappa shape index (κ1) is 18.2. The molecule has 2 aliphatic rings. The molecule has 0 aliphatic carbocycles. The standard InChI is InChI=1S/C22H29N3O2/c1-16(2)21-14-18(23-27-21)22(26)25-13-7-11-20(25)19-10-6-12-24(19)15-17-8-4-3-5-9-17/h3-5,8-9,14,16,19-20H,6-7,10-13,15H2,1-2H3/t19-,20-/m0/s1. The Morgan fingerprint density at radius 2 is 1.89 bits per heavy atom. The van der Waals surface area contributed by atoms with Gasteiger partial charge in [-0.15, -0.1) is 0 Å². The van der Waals surface area contributed by atoms with Crippen molar-refractivity contribution < 1.29 is 9.32 Å². The van der Waals surface area contributed by atoms with Crippen LogP contribution in [0.3, 0.4) is 0 Å². The molecule has 1 amide bonds. The van der Waals surface area contributed by atoms with Gasteiger partial charge in [0.25, 0.3) is 5.91 Å². The van der Waals surface area contributed by atoms with E-state index in [-0.39, 0.29) is 17.9 Å². The van der Waals surface area contributed by atoms with Crippen LogP contribution in [0.4, 0.5) is 0 Å². The quantitative estimate of drug-likeness (QED) is 0.799. The van der Waals surface area contributed by atoms with E-state index in [2.05, 4.69) is 45.3 Å². The zero-order valence-electron chi connectivity index (χ0n) is 16.3. The van der Waals surface area contributed by atoms with Crippen LogP contribution in [0.5, 0.6) is 0 Å². The molecule has 0 radical (unpaired) electrons. The van der Waals surface area contributed by atoms with Crippen molar-refractivity contribution in [2.24, 2.45) is 0 Å². The molecule has 1 aromatic heterocycles. The van der Waals surface area contributed by atoms with Crippen LogP contribution < -0.4 is 0 Å². The van der Waals surface area contributed by atoms with Crippen LogP contribution in [0.15, 0.2) is 40.9 Å². The normalized spacial score (nSPS) is 23.4. The van der Waals surface area contributed by atoms with Gasteiger partial charge >= 0.3 is 0 Å². The fourth-order valence-corrected chi connectivity index (χ4v) is 4.56. The van der Waals surface area contributed by atoms with Crippen molar-refractivity contribution in [3.05, 3.63) is 53.4 Å². The topological polar surface area (TPSA) is 49.6 Å². The second kappa shape index (κ2) is 7.85. The molecule has 27 heavy (non-hydrogen) atoms. The zero-order chi connectivity index (χ0) is 18.8. The number of carbonyl (C=O) groups is 1. The van der Waals surface area contributed by atoms with E-state index in [1.54, 1.807) is 0 Å². The van der Waals surface area contributed by atoms with Crippen molar-refractivity contribution in [3.63, 3.8) is 0 Å². The first-order valence-electron chi connectivity index (χ1n) is 10.2. The maximum Gasteiger partial charge on any atom is 0.276 e. The van der Waals surface area contributed by atoms with Crippen molar-refractivity contribution >= 4 is 5.91 Å². The second-order valence-corrected chi connectivity index (χ2v) is 8.14. The van der Waals surface area contributed by atoms with E-state index in [4.69, 9.17) is 4.52 Å². The van der Waals surface area contributed by atoms with Gasteiger partial charge in [-0.2, -0.15) is 0 Å². The van der Waals surface area contributed by atoms with Gasteiger partial charge in [0.15, 0.2) is 5.69 Å². The van der Waals surface area contributed by atoms with Gasteiger partial charge < -0.3 is 9.42 Å². The summed E-state index contributed by atoms with van der Waals surface area (Å²) < 4.78 is 5.36. The van der Waals surface area contributed by atoms with Crippen molar-refractivity contribution in [3.8, 4) is 0 Å². The number of likely N-dealkylation sites (tertiary alicyclic amines) is 2. The highest BCUT2D eigenvalue weighted by Crippen LogP contribution is 2.32. The minimum absolute atomic E-state index is 0.0275. The number of carbonyl (C=O) groups excluding carboxylic acids is 1. The monoisotopic (exact) mass is 367 g/mol. The largest absolute Gasteiger partial charge is 0.360 e. The molecule has 4 rings (SSSR count). The van der Waals surface area contributed by atoms with E-state index in [0.29, 0.717) is 11.7 Å². The molecule has 2 aliphatic heterocycles. The van der Waals surface area contributed by atoms with E-state index in [0.717, 1.165) is 44.7 Å². The van der Waals surface area contributed by atoms with E-state index in [1.165, 1.54) is 12.0 Å². The van der Waals surface area contributed by atoms with Crippen LogP contribution in [0.1, 0.15) is 67.3 Å². The highest BCUT2D eigenvalue weighted by molar-refractivity contribution is 5.92. The molecule has 144 valence electrons. The fourth-order valence-electron chi connectivity index (χ4n) is 4.56. The predicted octanol–water partition coefficient (Wildman–Crippen LogP) is 4.07. The molecule has 5 heteroatoms. The molecule has 1 aromatic carbocycles. The number of benzene rings is 1. The second-order valence-electron chi connectivity index (χ2n) is 8.14. The average Bonchev–Trinajstić information content (AvgIpc) is 3.42. The van der Waals surface area contributed by atoms with Gasteiger partial charge in [-0.05, 0) is 37.8 Å². The zero-order valence-corrected chi connectivity index (χ0v) is 16.3. The molecular weight excluding hydrogens is 338 g/mol. The minimum atomic E-state index is 0.0275. The lowest BCUT2D eigenvalue weighted by Gasteiger charge is -2.34.